The summed E-state index contributed by atoms with van der Waals surface area (Å²) in [6.07, 6.45) is 3.51. The number of amides is 1. The first-order chi connectivity index (χ1) is 6.58. The average Bonchev–Trinajstić information content (AvgIpc) is 2.06. The molecule has 4 nitrogen and oxygen atoms in total. The second-order valence-electron chi connectivity index (χ2n) is 3.99. The molecular weight excluding hydrogens is 182 g/mol. The van der Waals surface area contributed by atoms with E-state index in [0.717, 1.165) is 25.7 Å². The first kappa shape index (κ1) is 11.0. The molecule has 0 spiro atoms. The molecular formula is C10H17NO3. The quantitative estimate of drug-likeness (QED) is 0.750. The van der Waals surface area contributed by atoms with Crippen molar-refractivity contribution in [2.75, 3.05) is 0 Å². The van der Waals surface area contributed by atoms with Crippen LogP contribution in [0.2, 0.25) is 0 Å². The van der Waals surface area contributed by atoms with Crippen molar-refractivity contribution in [2.45, 2.75) is 45.1 Å². The van der Waals surface area contributed by atoms with E-state index in [2.05, 4.69) is 0 Å². The third-order valence-electron chi connectivity index (χ3n) is 2.65. The van der Waals surface area contributed by atoms with E-state index in [-0.39, 0.29) is 11.9 Å². The molecule has 0 aromatic rings. The van der Waals surface area contributed by atoms with Gasteiger partial charge >= 0.3 is 6.09 Å². The zero-order valence-corrected chi connectivity index (χ0v) is 8.49. The second-order valence-corrected chi connectivity index (χ2v) is 3.99. The molecule has 0 atom stereocenters. The number of ketones is 1. The summed E-state index contributed by atoms with van der Waals surface area (Å²) in [4.78, 5) is 21.3. The standard InChI is InChI=1S/C10H17NO3/c1-7(12)6-8-2-4-9(5-3-8)14-10(11)13/h8-9H,2-6H2,1H3,(H2,11,13). The Morgan fingerprint density at radius 3 is 2.29 bits per heavy atom. The molecule has 1 aliphatic rings. The zero-order valence-electron chi connectivity index (χ0n) is 8.49. The lowest BCUT2D eigenvalue weighted by molar-refractivity contribution is -0.118. The van der Waals surface area contributed by atoms with Crippen LogP contribution in [0.1, 0.15) is 39.0 Å². The third-order valence-corrected chi connectivity index (χ3v) is 2.65. The molecule has 0 bridgehead atoms. The predicted octanol–water partition coefficient (Wildman–Crippen LogP) is 1.62. The maximum Gasteiger partial charge on any atom is 0.404 e. The summed E-state index contributed by atoms with van der Waals surface area (Å²) < 4.78 is 4.90. The minimum Gasteiger partial charge on any atom is -0.446 e. The topological polar surface area (TPSA) is 69.4 Å². The Hall–Kier alpha value is -1.06. The van der Waals surface area contributed by atoms with Crippen molar-refractivity contribution in [1.29, 1.82) is 0 Å². The van der Waals surface area contributed by atoms with Gasteiger partial charge in [-0.2, -0.15) is 0 Å². The molecule has 80 valence electrons. The van der Waals surface area contributed by atoms with Gasteiger partial charge in [0.1, 0.15) is 11.9 Å². The molecule has 14 heavy (non-hydrogen) atoms. The molecule has 0 heterocycles. The molecule has 1 fully saturated rings. The molecule has 1 aliphatic carbocycles. The maximum absolute atomic E-state index is 10.9. The van der Waals surface area contributed by atoms with E-state index < -0.39 is 6.09 Å². The Morgan fingerprint density at radius 1 is 1.29 bits per heavy atom. The second kappa shape index (κ2) is 4.98. The number of carbonyl (C=O) groups excluding carboxylic acids is 2. The Morgan fingerprint density at radius 2 is 1.86 bits per heavy atom. The van der Waals surface area contributed by atoms with Crippen LogP contribution in [0.5, 0.6) is 0 Å². The molecule has 0 aliphatic heterocycles. The van der Waals surface area contributed by atoms with E-state index in [1.54, 1.807) is 6.92 Å². The first-order valence-electron chi connectivity index (χ1n) is 5.03. The zero-order chi connectivity index (χ0) is 10.6. The van der Waals surface area contributed by atoms with Crippen molar-refractivity contribution < 1.29 is 14.3 Å². The fraction of sp³-hybridized carbons (Fsp3) is 0.800. The van der Waals surface area contributed by atoms with E-state index in [4.69, 9.17) is 10.5 Å². The highest BCUT2D eigenvalue weighted by Gasteiger charge is 2.23. The Labute approximate surface area is 83.8 Å². The number of rotatable bonds is 3. The summed E-state index contributed by atoms with van der Waals surface area (Å²) in [5.74, 6) is 0.712. The van der Waals surface area contributed by atoms with Crippen LogP contribution in [-0.2, 0) is 9.53 Å². The van der Waals surface area contributed by atoms with Crippen LogP contribution in [0, 0.1) is 5.92 Å². The lowest BCUT2D eigenvalue weighted by atomic mass is 9.84. The summed E-state index contributed by atoms with van der Waals surface area (Å²) in [6.45, 7) is 1.62. The summed E-state index contributed by atoms with van der Waals surface area (Å²) >= 11 is 0. The van der Waals surface area contributed by atoms with Gasteiger partial charge in [-0.1, -0.05) is 0 Å². The summed E-state index contributed by atoms with van der Waals surface area (Å²) in [5.41, 5.74) is 4.92. The van der Waals surface area contributed by atoms with E-state index >= 15 is 0 Å². The van der Waals surface area contributed by atoms with Crippen LogP contribution in [0.3, 0.4) is 0 Å². The molecule has 0 saturated heterocycles. The van der Waals surface area contributed by atoms with Gasteiger partial charge in [0.15, 0.2) is 0 Å². The van der Waals surface area contributed by atoms with E-state index in [1.807, 2.05) is 0 Å². The van der Waals surface area contributed by atoms with Crippen molar-refractivity contribution in [3.05, 3.63) is 0 Å². The van der Waals surface area contributed by atoms with Crippen LogP contribution in [0.4, 0.5) is 4.79 Å². The molecule has 0 aromatic carbocycles. The molecule has 0 unspecified atom stereocenters. The smallest absolute Gasteiger partial charge is 0.404 e. The fourth-order valence-corrected chi connectivity index (χ4v) is 2.02. The van der Waals surface area contributed by atoms with Gasteiger partial charge in [0.25, 0.3) is 0 Å². The van der Waals surface area contributed by atoms with E-state index in [9.17, 15) is 9.59 Å². The van der Waals surface area contributed by atoms with E-state index in [0.29, 0.717) is 12.3 Å². The van der Waals surface area contributed by atoms with Crippen LogP contribution in [0.15, 0.2) is 0 Å². The van der Waals surface area contributed by atoms with Gasteiger partial charge in [0.05, 0.1) is 0 Å². The Kier molecular flexibility index (Phi) is 3.92. The summed E-state index contributed by atoms with van der Waals surface area (Å²) in [7, 11) is 0. The minimum atomic E-state index is -0.694. The lowest BCUT2D eigenvalue weighted by Crippen LogP contribution is -2.27. The summed E-state index contributed by atoms with van der Waals surface area (Å²) in [5, 5.41) is 0. The van der Waals surface area contributed by atoms with Crippen molar-refractivity contribution >= 4 is 11.9 Å². The first-order valence-corrected chi connectivity index (χ1v) is 5.03. The highest BCUT2D eigenvalue weighted by Crippen LogP contribution is 2.28. The fourth-order valence-electron chi connectivity index (χ4n) is 2.02. The van der Waals surface area contributed by atoms with Gasteiger partial charge in [-0.05, 0) is 38.5 Å². The van der Waals surface area contributed by atoms with Crippen molar-refractivity contribution in [3.8, 4) is 0 Å². The van der Waals surface area contributed by atoms with Crippen molar-refractivity contribution in [1.82, 2.24) is 0 Å². The van der Waals surface area contributed by atoms with E-state index in [1.165, 1.54) is 0 Å². The highest BCUT2D eigenvalue weighted by molar-refractivity contribution is 5.75. The van der Waals surface area contributed by atoms with Crippen molar-refractivity contribution in [3.63, 3.8) is 0 Å². The SMILES string of the molecule is CC(=O)CC1CCC(OC(N)=O)CC1. The van der Waals surface area contributed by atoms with Crippen LogP contribution in [0.25, 0.3) is 0 Å². The van der Waals surface area contributed by atoms with Crippen LogP contribution in [-0.4, -0.2) is 18.0 Å². The number of nitrogens with two attached hydrogens (primary N) is 1. The van der Waals surface area contributed by atoms with Crippen LogP contribution >= 0.6 is 0 Å². The molecule has 0 aromatic heterocycles. The number of hydrogen-bond acceptors (Lipinski definition) is 3. The van der Waals surface area contributed by atoms with Gasteiger partial charge < -0.3 is 15.3 Å². The normalized spacial score (nSPS) is 26.9. The largest absolute Gasteiger partial charge is 0.446 e. The van der Waals surface area contributed by atoms with Gasteiger partial charge in [-0.3, -0.25) is 0 Å². The molecule has 1 amide bonds. The highest BCUT2D eigenvalue weighted by atomic mass is 16.6. The van der Waals surface area contributed by atoms with Gasteiger partial charge in [0.2, 0.25) is 0 Å². The predicted molar refractivity (Wildman–Crippen MR) is 51.7 cm³/mol. The summed E-state index contributed by atoms with van der Waals surface area (Å²) in [6, 6.07) is 0. The Balaban J connectivity index is 2.24. The molecule has 1 saturated carbocycles. The Bertz CT molecular complexity index is 195. The van der Waals surface area contributed by atoms with Gasteiger partial charge in [-0.25, -0.2) is 4.79 Å². The molecule has 2 N–H and O–H groups in total. The number of Topliss-reactive ketones (excluding diaryl/α,β-unsaturated/α-hetero) is 1. The van der Waals surface area contributed by atoms with Crippen LogP contribution < -0.4 is 5.73 Å². The number of hydrogen-bond donors (Lipinski definition) is 1. The van der Waals surface area contributed by atoms with Crippen molar-refractivity contribution in [2.24, 2.45) is 11.7 Å². The van der Waals surface area contributed by atoms with Gasteiger partial charge in [0, 0.05) is 6.42 Å². The molecule has 1 rings (SSSR count). The number of ether oxygens (including phenoxy) is 1. The maximum atomic E-state index is 10.9. The van der Waals surface area contributed by atoms with Gasteiger partial charge in [-0.15, -0.1) is 0 Å². The number of carbonyl (C=O) groups is 2. The number of primary amides is 1. The minimum absolute atomic E-state index is 0.0318. The lowest BCUT2D eigenvalue weighted by Gasteiger charge is -2.27. The third kappa shape index (κ3) is 3.77. The molecule has 0 radical (unpaired) electrons. The monoisotopic (exact) mass is 199 g/mol. The molecule has 4 heteroatoms. The average molecular weight is 199 g/mol.